The Bertz CT molecular complexity index is 1040. The molecule has 0 aliphatic heterocycles. The normalized spacial score (nSPS) is 10.8. The highest BCUT2D eigenvalue weighted by Gasteiger charge is 2.15. The molecule has 3 aromatic rings. The topological polar surface area (TPSA) is 77.2 Å². The molecule has 0 unspecified atom stereocenters. The third-order valence-electron chi connectivity index (χ3n) is 3.64. The number of carbonyl (C=O) groups is 1. The number of hydrogen-bond donors (Lipinski definition) is 1. The number of amides is 1. The molecule has 0 aliphatic rings. The molecule has 2 heterocycles. The number of benzene rings is 1. The lowest BCUT2D eigenvalue weighted by molar-refractivity contribution is -0.0498. The van der Waals surface area contributed by atoms with Crippen molar-refractivity contribution in [2.45, 2.75) is 20.0 Å². The van der Waals surface area contributed by atoms with Crippen LogP contribution in [0, 0.1) is 0 Å². The Morgan fingerprint density at radius 3 is 2.83 bits per heavy atom. The third kappa shape index (κ3) is 5.41. The molecule has 3 rings (SSSR count). The quantitative estimate of drug-likeness (QED) is 0.514. The number of nitrogens with one attached hydrogen (secondary N) is 1. The van der Waals surface area contributed by atoms with Crippen LogP contribution in [-0.4, -0.2) is 21.9 Å². The van der Waals surface area contributed by atoms with Gasteiger partial charge >= 0.3 is 6.61 Å². The number of nitrogens with zero attached hydrogens (tertiary/aromatic N) is 2. The number of ether oxygens (including phenoxy) is 1. The Kier molecular flexibility index (Phi) is 6.27. The smallest absolute Gasteiger partial charge is 0.387 e. The summed E-state index contributed by atoms with van der Waals surface area (Å²) in [7, 11) is 0. The highest BCUT2D eigenvalue weighted by atomic mass is 32.1. The van der Waals surface area contributed by atoms with Crippen LogP contribution in [0.3, 0.4) is 0 Å². The zero-order chi connectivity index (χ0) is 21.0. The molecule has 0 saturated carbocycles. The molecule has 1 amide bonds. The van der Waals surface area contributed by atoms with Gasteiger partial charge in [-0.25, -0.2) is 4.98 Å². The van der Waals surface area contributed by atoms with Crippen LogP contribution in [0.4, 0.5) is 22.7 Å². The van der Waals surface area contributed by atoms with E-state index >= 15 is 0 Å². The van der Waals surface area contributed by atoms with E-state index in [1.54, 1.807) is 6.07 Å². The van der Waals surface area contributed by atoms with Crippen molar-refractivity contribution in [3.63, 3.8) is 0 Å². The number of alkyl halides is 2. The number of anilines is 1. The van der Waals surface area contributed by atoms with Gasteiger partial charge in [-0.15, -0.1) is 0 Å². The molecule has 1 N–H and O–H groups in total. The standard InChI is InChI=1S/C18H13F4N3O3S/c1-9(15(19)20)5-14-23-18(29-25-14)24-16(26)11-7-13(27-8-11)10-3-2-4-12(6-10)28-17(21)22/h2-4,6-8,17H,5H2,1H3,(H,23,24,25,26). The van der Waals surface area contributed by atoms with Crippen LogP contribution in [0.15, 0.2) is 52.7 Å². The van der Waals surface area contributed by atoms with Gasteiger partial charge < -0.3 is 9.15 Å². The third-order valence-corrected chi connectivity index (χ3v) is 4.31. The van der Waals surface area contributed by atoms with Crippen LogP contribution >= 0.6 is 11.5 Å². The van der Waals surface area contributed by atoms with Gasteiger partial charge in [0.05, 0.1) is 5.56 Å². The molecule has 0 saturated heterocycles. The summed E-state index contributed by atoms with van der Waals surface area (Å²) in [6, 6.07) is 7.25. The molecule has 0 atom stereocenters. The SMILES string of the molecule is CC(Cc1nsc(NC(=O)c2coc(-c3cccc(OC(F)F)c3)c2)n1)=C(F)F. The summed E-state index contributed by atoms with van der Waals surface area (Å²) >= 11 is 0.858. The zero-order valence-corrected chi connectivity index (χ0v) is 15.6. The first-order chi connectivity index (χ1) is 13.8. The van der Waals surface area contributed by atoms with Crippen molar-refractivity contribution < 1.29 is 31.5 Å². The number of rotatable bonds is 7. The molecule has 1 aromatic carbocycles. The second kappa shape index (κ2) is 8.86. The molecular weight excluding hydrogens is 414 g/mol. The first-order valence-electron chi connectivity index (χ1n) is 8.10. The highest BCUT2D eigenvalue weighted by molar-refractivity contribution is 7.09. The van der Waals surface area contributed by atoms with Crippen molar-refractivity contribution in [1.82, 2.24) is 9.36 Å². The fourth-order valence-electron chi connectivity index (χ4n) is 2.28. The van der Waals surface area contributed by atoms with Crippen molar-refractivity contribution in [3.05, 3.63) is 59.6 Å². The molecule has 2 aromatic heterocycles. The van der Waals surface area contributed by atoms with E-state index in [1.165, 1.54) is 37.5 Å². The van der Waals surface area contributed by atoms with Crippen LogP contribution in [0.1, 0.15) is 23.1 Å². The van der Waals surface area contributed by atoms with Crippen molar-refractivity contribution >= 4 is 22.6 Å². The summed E-state index contributed by atoms with van der Waals surface area (Å²) in [4.78, 5) is 16.3. The summed E-state index contributed by atoms with van der Waals surface area (Å²) in [6.07, 6.45) is -0.723. The van der Waals surface area contributed by atoms with Crippen molar-refractivity contribution in [2.24, 2.45) is 0 Å². The monoisotopic (exact) mass is 427 g/mol. The molecule has 0 aliphatic carbocycles. The number of allylic oxidation sites excluding steroid dienone is 1. The number of hydrogen-bond acceptors (Lipinski definition) is 6. The first-order valence-corrected chi connectivity index (χ1v) is 8.87. The van der Waals surface area contributed by atoms with E-state index in [4.69, 9.17) is 4.42 Å². The fraction of sp³-hybridized carbons (Fsp3) is 0.167. The molecule has 0 spiro atoms. The lowest BCUT2D eigenvalue weighted by Crippen LogP contribution is -2.10. The lowest BCUT2D eigenvalue weighted by Gasteiger charge is -2.05. The van der Waals surface area contributed by atoms with Crippen LogP contribution in [0.2, 0.25) is 0 Å². The molecule has 6 nitrogen and oxygen atoms in total. The maximum absolute atomic E-state index is 12.5. The van der Waals surface area contributed by atoms with E-state index in [0.29, 0.717) is 5.56 Å². The van der Waals surface area contributed by atoms with E-state index in [-0.39, 0.29) is 40.0 Å². The summed E-state index contributed by atoms with van der Waals surface area (Å²) in [6.45, 7) is -1.69. The van der Waals surface area contributed by atoms with Gasteiger partial charge in [0.2, 0.25) is 5.13 Å². The van der Waals surface area contributed by atoms with Crippen molar-refractivity contribution in [3.8, 4) is 17.1 Å². The van der Waals surface area contributed by atoms with Gasteiger partial charge in [0.25, 0.3) is 12.0 Å². The van der Waals surface area contributed by atoms with E-state index in [9.17, 15) is 22.4 Å². The summed E-state index contributed by atoms with van der Waals surface area (Å²) in [5.41, 5.74) is 0.442. The Morgan fingerprint density at radius 2 is 2.10 bits per heavy atom. The first kappa shape index (κ1) is 20.5. The predicted molar refractivity (Wildman–Crippen MR) is 97.3 cm³/mol. The number of furan rings is 1. The number of carbonyl (C=O) groups excluding carboxylic acids is 1. The second-order valence-electron chi connectivity index (χ2n) is 5.79. The minimum atomic E-state index is -2.96. The molecule has 0 fully saturated rings. The Labute approximate surface area is 166 Å². The average Bonchev–Trinajstić information content (AvgIpc) is 3.31. The second-order valence-corrected chi connectivity index (χ2v) is 6.55. The number of halogens is 4. The van der Waals surface area contributed by atoms with Gasteiger partial charge in [-0.2, -0.15) is 21.9 Å². The molecular formula is C18H13F4N3O3S. The zero-order valence-electron chi connectivity index (χ0n) is 14.8. The molecule has 29 heavy (non-hydrogen) atoms. The van der Waals surface area contributed by atoms with Gasteiger partial charge in [0.15, 0.2) is 0 Å². The van der Waals surface area contributed by atoms with Gasteiger partial charge in [-0.3, -0.25) is 10.1 Å². The Morgan fingerprint density at radius 1 is 1.31 bits per heavy atom. The lowest BCUT2D eigenvalue weighted by atomic mass is 10.1. The highest BCUT2D eigenvalue weighted by Crippen LogP contribution is 2.27. The van der Waals surface area contributed by atoms with E-state index < -0.39 is 18.6 Å². The van der Waals surface area contributed by atoms with Crippen LogP contribution in [0.5, 0.6) is 5.75 Å². The number of aromatic nitrogens is 2. The minimum absolute atomic E-state index is 0.0460. The fourth-order valence-corrected chi connectivity index (χ4v) is 2.86. The van der Waals surface area contributed by atoms with Gasteiger partial charge in [-0.05, 0) is 30.7 Å². The molecule has 11 heteroatoms. The van der Waals surface area contributed by atoms with E-state index in [2.05, 4.69) is 19.4 Å². The maximum atomic E-state index is 12.5. The summed E-state index contributed by atoms with van der Waals surface area (Å²) in [5.74, 6) is -0.159. The minimum Gasteiger partial charge on any atom is -0.464 e. The Hall–Kier alpha value is -3.21. The van der Waals surface area contributed by atoms with Crippen molar-refractivity contribution in [2.75, 3.05) is 5.32 Å². The van der Waals surface area contributed by atoms with E-state index in [1.807, 2.05) is 0 Å². The van der Waals surface area contributed by atoms with Gasteiger partial charge in [0, 0.05) is 23.5 Å². The van der Waals surface area contributed by atoms with Crippen LogP contribution in [0.25, 0.3) is 11.3 Å². The van der Waals surface area contributed by atoms with Crippen LogP contribution < -0.4 is 10.1 Å². The largest absolute Gasteiger partial charge is 0.464 e. The maximum Gasteiger partial charge on any atom is 0.387 e. The molecule has 0 radical (unpaired) electrons. The molecule has 0 bridgehead atoms. The van der Waals surface area contributed by atoms with Crippen LogP contribution in [-0.2, 0) is 6.42 Å². The summed E-state index contributed by atoms with van der Waals surface area (Å²) < 4.78 is 63.2. The molecule has 152 valence electrons. The summed E-state index contributed by atoms with van der Waals surface area (Å²) in [5, 5.41) is 2.65. The predicted octanol–water partition coefficient (Wildman–Crippen LogP) is 5.36. The van der Waals surface area contributed by atoms with Gasteiger partial charge in [-0.1, -0.05) is 12.1 Å². The van der Waals surface area contributed by atoms with Gasteiger partial charge in [0.1, 0.15) is 23.6 Å². The average molecular weight is 427 g/mol. The van der Waals surface area contributed by atoms with E-state index in [0.717, 1.165) is 11.5 Å². The van der Waals surface area contributed by atoms with Crippen molar-refractivity contribution in [1.29, 1.82) is 0 Å². The Balaban J connectivity index is 1.69.